The van der Waals surface area contributed by atoms with Crippen molar-refractivity contribution in [3.63, 3.8) is 0 Å². The van der Waals surface area contributed by atoms with Crippen LogP contribution < -0.4 is 0 Å². The second kappa shape index (κ2) is 6.26. The highest BCUT2D eigenvalue weighted by Gasteiger charge is 2.29. The van der Waals surface area contributed by atoms with E-state index in [9.17, 15) is 13.2 Å². The predicted molar refractivity (Wildman–Crippen MR) is 69.6 cm³/mol. The monoisotopic (exact) mass is 303 g/mol. The first kappa shape index (κ1) is 14.8. The largest absolute Gasteiger partial charge is 0.416 e. The Kier molecular flexibility index (Phi) is 4.65. The summed E-state index contributed by atoms with van der Waals surface area (Å²) in [5, 5.41) is 7.92. The summed E-state index contributed by atoms with van der Waals surface area (Å²) in [7, 11) is 0. The zero-order chi connectivity index (χ0) is 14.6. The minimum Gasteiger partial charge on any atom is -0.248 e. The first-order valence-corrected chi connectivity index (χ1v) is 6.63. The molecule has 108 valence electrons. The SMILES string of the molecule is FC(F)(F)c1ccc(Cn2cc(CCCCl)nn2)cc1. The van der Waals surface area contributed by atoms with Crippen LogP contribution in [0, 0.1) is 0 Å². The molecule has 0 atom stereocenters. The van der Waals surface area contributed by atoms with Crippen molar-refractivity contribution in [3.05, 3.63) is 47.3 Å². The van der Waals surface area contributed by atoms with Crippen LogP contribution in [0.25, 0.3) is 0 Å². The summed E-state index contributed by atoms with van der Waals surface area (Å²) in [6.07, 6.45) is -0.957. The van der Waals surface area contributed by atoms with E-state index in [0.29, 0.717) is 12.4 Å². The second-order valence-corrected chi connectivity index (χ2v) is 4.77. The first-order chi connectivity index (χ1) is 9.49. The van der Waals surface area contributed by atoms with Crippen molar-refractivity contribution in [2.24, 2.45) is 0 Å². The molecular weight excluding hydrogens is 291 g/mol. The van der Waals surface area contributed by atoms with Gasteiger partial charge in [-0.05, 0) is 30.5 Å². The predicted octanol–water partition coefficient (Wildman–Crippen LogP) is 3.52. The lowest BCUT2D eigenvalue weighted by molar-refractivity contribution is -0.137. The molecule has 1 heterocycles. The van der Waals surface area contributed by atoms with Crippen LogP contribution in [0.2, 0.25) is 0 Å². The molecule has 0 fully saturated rings. The molecule has 2 aromatic rings. The van der Waals surface area contributed by atoms with Gasteiger partial charge >= 0.3 is 6.18 Å². The highest BCUT2D eigenvalue weighted by Crippen LogP contribution is 2.29. The van der Waals surface area contributed by atoms with E-state index < -0.39 is 11.7 Å². The Morgan fingerprint density at radius 3 is 2.45 bits per heavy atom. The molecule has 0 spiro atoms. The Morgan fingerprint density at radius 2 is 1.85 bits per heavy atom. The van der Waals surface area contributed by atoms with Gasteiger partial charge in [-0.15, -0.1) is 16.7 Å². The van der Waals surface area contributed by atoms with Gasteiger partial charge in [-0.2, -0.15) is 13.2 Å². The van der Waals surface area contributed by atoms with Crippen molar-refractivity contribution in [1.29, 1.82) is 0 Å². The average Bonchev–Trinajstić information content (AvgIpc) is 2.83. The van der Waals surface area contributed by atoms with E-state index in [0.717, 1.165) is 36.2 Å². The summed E-state index contributed by atoms with van der Waals surface area (Å²) in [6, 6.07) is 5.03. The minimum atomic E-state index is -4.31. The summed E-state index contributed by atoms with van der Waals surface area (Å²) in [6.45, 7) is 0.395. The summed E-state index contributed by atoms with van der Waals surface area (Å²) in [4.78, 5) is 0. The summed E-state index contributed by atoms with van der Waals surface area (Å²) in [5.74, 6) is 0.561. The van der Waals surface area contributed by atoms with Gasteiger partial charge in [0.05, 0.1) is 17.8 Å². The zero-order valence-corrected chi connectivity index (χ0v) is 11.3. The number of hydrogen-bond acceptors (Lipinski definition) is 2. The van der Waals surface area contributed by atoms with Crippen molar-refractivity contribution < 1.29 is 13.2 Å². The molecular formula is C13H13ClF3N3. The number of alkyl halides is 4. The molecule has 0 N–H and O–H groups in total. The Labute approximate surface area is 119 Å². The molecule has 0 radical (unpaired) electrons. The Balaban J connectivity index is 2.01. The Morgan fingerprint density at radius 1 is 1.15 bits per heavy atom. The molecule has 0 aliphatic carbocycles. The number of nitrogens with zero attached hydrogens (tertiary/aromatic N) is 3. The molecule has 0 bridgehead atoms. The lowest BCUT2D eigenvalue weighted by Crippen LogP contribution is -2.05. The molecule has 3 nitrogen and oxygen atoms in total. The number of aryl methyl sites for hydroxylation is 1. The Bertz CT molecular complexity index is 549. The third-order valence-electron chi connectivity index (χ3n) is 2.78. The standard InChI is InChI=1S/C13H13ClF3N3/c14-7-1-2-12-9-20(19-18-12)8-10-3-5-11(6-4-10)13(15,16)17/h3-6,9H,1-2,7-8H2. The van der Waals surface area contributed by atoms with Gasteiger partial charge in [0.1, 0.15) is 0 Å². The van der Waals surface area contributed by atoms with Crippen molar-refractivity contribution >= 4 is 11.6 Å². The van der Waals surface area contributed by atoms with Crippen LogP contribution in [-0.2, 0) is 19.1 Å². The van der Waals surface area contributed by atoms with E-state index in [2.05, 4.69) is 10.3 Å². The van der Waals surface area contributed by atoms with E-state index in [-0.39, 0.29) is 0 Å². The van der Waals surface area contributed by atoms with Crippen molar-refractivity contribution in [2.75, 3.05) is 5.88 Å². The third kappa shape index (κ3) is 3.96. The third-order valence-corrected chi connectivity index (χ3v) is 3.05. The minimum absolute atomic E-state index is 0.395. The van der Waals surface area contributed by atoms with Crippen molar-refractivity contribution in [2.45, 2.75) is 25.6 Å². The van der Waals surface area contributed by atoms with E-state index in [1.54, 1.807) is 10.9 Å². The van der Waals surface area contributed by atoms with Crippen LogP contribution in [-0.4, -0.2) is 20.9 Å². The van der Waals surface area contributed by atoms with Crippen LogP contribution in [0.4, 0.5) is 13.2 Å². The van der Waals surface area contributed by atoms with Crippen LogP contribution >= 0.6 is 11.6 Å². The number of rotatable bonds is 5. The molecule has 7 heteroatoms. The number of aromatic nitrogens is 3. The lowest BCUT2D eigenvalue weighted by Gasteiger charge is -2.07. The van der Waals surface area contributed by atoms with Crippen LogP contribution in [0.15, 0.2) is 30.5 Å². The van der Waals surface area contributed by atoms with Crippen molar-refractivity contribution in [1.82, 2.24) is 15.0 Å². The summed E-state index contributed by atoms with van der Waals surface area (Å²) >= 11 is 5.59. The van der Waals surface area contributed by atoms with E-state index >= 15 is 0 Å². The van der Waals surface area contributed by atoms with Crippen molar-refractivity contribution in [3.8, 4) is 0 Å². The first-order valence-electron chi connectivity index (χ1n) is 6.10. The smallest absolute Gasteiger partial charge is 0.248 e. The summed E-state index contributed by atoms with van der Waals surface area (Å²) < 4.78 is 38.9. The molecule has 1 aromatic heterocycles. The quantitative estimate of drug-likeness (QED) is 0.791. The topological polar surface area (TPSA) is 30.7 Å². The molecule has 1 aromatic carbocycles. The van der Waals surface area contributed by atoms with Gasteiger partial charge in [0.25, 0.3) is 0 Å². The van der Waals surface area contributed by atoms with Crippen LogP contribution in [0.1, 0.15) is 23.2 Å². The fourth-order valence-corrected chi connectivity index (χ4v) is 1.90. The molecule has 0 unspecified atom stereocenters. The molecule has 0 aliphatic heterocycles. The number of benzene rings is 1. The second-order valence-electron chi connectivity index (χ2n) is 4.39. The molecule has 0 saturated heterocycles. The maximum atomic E-state index is 12.4. The van der Waals surface area contributed by atoms with Crippen LogP contribution in [0.3, 0.4) is 0 Å². The Hall–Kier alpha value is -1.56. The van der Waals surface area contributed by atoms with E-state index in [4.69, 9.17) is 11.6 Å². The lowest BCUT2D eigenvalue weighted by atomic mass is 10.1. The van der Waals surface area contributed by atoms with Gasteiger partial charge in [-0.25, -0.2) is 4.68 Å². The number of halogens is 4. The molecule has 0 saturated carbocycles. The maximum Gasteiger partial charge on any atom is 0.416 e. The fraction of sp³-hybridized carbons (Fsp3) is 0.385. The molecule has 20 heavy (non-hydrogen) atoms. The zero-order valence-electron chi connectivity index (χ0n) is 10.6. The van der Waals surface area contributed by atoms with Crippen LogP contribution in [0.5, 0.6) is 0 Å². The summed E-state index contributed by atoms with van der Waals surface area (Å²) in [5.41, 5.74) is 0.923. The average molecular weight is 304 g/mol. The molecule has 2 rings (SSSR count). The number of hydrogen-bond donors (Lipinski definition) is 0. The van der Waals surface area contributed by atoms with E-state index in [1.807, 2.05) is 0 Å². The van der Waals surface area contributed by atoms with Gasteiger partial charge in [-0.3, -0.25) is 0 Å². The normalized spacial score (nSPS) is 11.8. The van der Waals surface area contributed by atoms with Gasteiger partial charge in [0.2, 0.25) is 0 Å². The molecule has 0 aliphatic rings. The van der Waals surface area contributed by atoms with Gasteiger partial charge < -0.3 is 0 Å². The van der Waals surface area contributed by atoms with Gasteiger partial charge in [0, 0.05) is 12.1 Å². The highest BCUT2D eigenvalue weighted by molar-refractivity contribution is 6.17. The fourth-order valence-electron chi connectivity index (χ4n) is 1.76. The molecule has 0 amide bonds. The van der Waals surface area contributed by atoms with Gasteiger partial charge in [0.15, 0.2) is 0 Å². The highest BCUT2D eigenvalue weighted by atomic mass is 35.5. The van der Waals surface area contributed by atoms with Gasteiger partial charge in [-0.1, -0.05) is 17.3 Å². The van der Waals surface area contributed by atoms with E-state index in [1.165, 1.54) is 12.1 Å². The maximum absolute atomic E-state index is 12.4.